The lowest BCUT2D eigenvalue weighted by Crippen LogP contribution is -2.14. The van der Waals surface area contributed by atoms with E-state index in [0.717, 1.165) is 5.69 Å². The van der Waals surface area contributed by atoms with Crippen LogP contribution in [0.3, 0.4) is 0 Å². The third kappa shape index (κ3) is 2.35. The third-order valence-electron chi connectivity index (χ3n) is 2.56. The number of rotatable bonds is 2. The minimum absolute atomic E-state index is 0.265. The van der Waals surface area contributed by atoms with Gasteiger partial charge in [0, 0.05) is 0 Å². The maximum Gasteiger partial charge on any atom is 0.258 e. The zero-order chi connectivity index (χ0) is 13.3. The van der Waals surface area contributed by atoms with Crippen molar-refractivity contribution in [1.29, 1.82) is 0 Å². The van der Waals surface area contributed by atoms with Crippen molar-refractivity contribution in [3.05, 3.63) is 45.2 Å². The van der Waals surface area contributed by atoms with Crippen LogP contribution in [0.1, 0.15) is 21.7 Å². The van der Waals surface area contributed by atoms with Crippen LogP contribution in [0.4, 0.5) is 5.69 Å². The zero-order valence-corrected chi connectivity index (χ0v) is 11.4. The van der Waals surface area contributed by atoms with Crippen molar-refractivity contribution < 1.29 is 4.79 Å². The number of anilines is 1. The SMILES string of the molecule is Cc1n[nH]c(C)c1NC(=O)c1c(Cl)cccc1Cl. The van der Waals surface area contributed by atoms with E-state index in [1.165, 1.54) is 0 Å². The third-order valence-corrected chi connectivity index (χ3v) is 3.19. The number of aromatic amines is 1. The van der Waals surface area contributed by atoms with Gasteiger partial charge in [-0.25, -0.2) is 0 Å². The molecule has 0 atom stereocenters. The van der Waals surface area contributed by atoms with Gasteiger partial charge in [-0.2, -0.15) is 5.10 Å². The van der Waals surface area contributed by atoms with Crippen molar-refractivity contribution in [3.63, 3.8) is 0 Å². The molecule has 0 bridgehead atoms. The van der Waals surface area contributed by atoms with Crippen LogP contribution < -0.4 is 5.32 Å². The molecule has 0 saturated heterocycles. The molecular weight excluding hydrogens is 273 g/mol. The molecule has 0 aliphatic carbocycles. The molecule has 0 saturated carbocycles. The van der Waals surface area contributed by atoms with Gasteiger partial charge in [-0.05, 0) is 26.0 Å². The number of nitrogens with zero attached hydrogens (tertiary/aromatic N) is 1. The van der Waals surface area contributed by atoms with Gasteiger partial charge in [-0.3, -0.25) is 9.89 Å². The normalized spacial score (nSPS) is 10.4. The van der Waals surface area contributed by atoms with Crippen molar-refractivity contribution in [2.24, 2.45) is 0 Å². The number of halogens is 2. The van der Waals surface area contributed by atoms with Crippen LogP contribution >= 0.6 is 23.2 Å². The summed E-state index contributed by atoms with van der Waals surface area (Å²) < 4.78 is 0. The average Bonchev–Trinajstić information content (AvgIpc) is 2.60. The first-order valence-electron chi connectivity index (χ1n) is 5.27. The summed E-state index contributed by atoms with van der Waals surface area (Å²) in [5.74, 6) is -0.349. The number of amides is 1. The smallest absolute Gasteiger partial charge is 0.258 e. The first-order valence-corrected chi connectivity index (χ1v) is 6.03. The van der Waals surface area contributed by atoms with E-state index < -0.39 is 0 Å². The van der Waals surface area contributed by atoms with Crippen molar-refractivity contribution >= 4 is 34.8 Å². The molecule has 2 N–H and O–H groups in total. The van der Waals surface area contributed by atoms with Gasteiger partial charge in [-0.15, -0.1) is 0 Å². The van der Waals surface area contributed by atoms with E-state index in [1.807, 2.05) is 6.92 Å². The van der Waals surface area contributed by atoms with Gasteiger partial charge in [0.05, 0.1) is 32.7 Å². The highest BCUT2D eigenvalue weighted by molar-refractivity contribution is 6.40. The summed E-state index contributed by atoms with van der Waals surface area (Å²) in [5, 5.41) is 10.2. The summed E-state index contributed by atoms with van der Waals surface area (Å²) in [5.41, 5.74) is 2.41. The summed E-state index contributed by atoms with van der Waals surface area (Å²) >= 11 is 12.0. The summed E-state index contributed by atoms with van der Waals surface area (Å²) in [4.78, 5) is 12.1. The van der Waals surface area contributed by atoms with Crippen LogP contribution in [0.2, 0.25) is 10.0 Å². The number of hydrogen-bond donors (Lipinski definition) is 2. The van der Waals surface area contributed by atoms with Crippen LogP contribution in [0.15, 0.2) is 18.2 Å². The van der Waals surface area contributed by atoms with Gasteiger partial charge in [0.1, 0.15) is 0 Å². The Kier molecular flexibility index (Phi) is 3.59. The number of aromatic nitrogens is 2. The summed E-state index contributed by atoms with van der Waals surface area (Å²) in [6.07, 6.45) is 0. The average molecular weight is 284 g/mol. The Morgan fingerprint density at radius 1 is 1.28 bits per heavy atom. The lowest BCUT2D eigenvalue weighted by atomic mass is 10.2. The van der Waals surface area contributed by atoms with E-state index in [4.69, 9.17) is 23.2 Å². The van der Waals surface area contributed by atoms with Gasteiger partial charge in [-0.1, -0.05) is 29.3 Å². The molecule has 0 aliphatic rings. The second kappa shape index (κ2) is 5.00. The first kappa shape index (κ1) is 12.9. The molecule has 0 radical (unpaired) electrons. The molecule has 94 valence electrons. The molecule has 1 aromatic heterocycles. The molecule has 2 rings (SSSR count). The molecule has 0 spiro atoms. The fourth-order valence-corrected chi connectivity index (χ4v) is 2.19. The predicted molar refractivity (Wildman–Crippen MR) is 72.5 cm³/mol. The van der Waals surface area contributed by atoms with E-state index in [2.05, 4.69) is 15.5 Å². The molecule has 0 unspecified atom stereocenters. The van der Waals surface area contributed by atoms with Crippen LogP contribution in [0.25, 0.3) is 0 Å². The molecular formula is C12H11Cl2N3O. The number of hydrogen-bond acceptors (Lipinski definition) is 2. The topological polar surface area (TPSA) is 57.8 Å². The van der Waals surface area contributed by atoms with Gasteiger partial charge in [0.25, 0.3) is 5.91 Å². The van der Waals surface area contributed by atoms with Crippen molar-refractivity contribution in [2.75, 3.05) is 5.32 Å². The van der Waals surface area contributed by atoms with Crippen molar-refractivity contribution in [2.45, 2.75) is 13.8 Å². The number of nitrogens with one attached hydrogen (secondary N) is 2. The highest BCUT2D eigenvalue weighted by atomic mass is 35.5. The van der Waals surface area contributed by atoms with Gasteiger partial charge >= 0.3 is 0 Å². The second-order valence-corrected chi connectivity index (χ2v) is 4.67. The molecule has 1 aromatic carbocycles. The lowest BCUT2D eigenvalue weighted by molar-refractivity contribution is 0.102. The van der Waals surface area contributed by atoms with Crippen LogP contribution in [0, 0.1) is 13.8 Å². The van der Waals surface area contributed by atoms with E-state index in [0.29, 0.717) is 21.4 Å². The summed E-state index contributed by atoms with van der Waals surface area (Å²) in [6, 6.07) is 4.94. The monoisotopic (exact) mass is 283 g/mol. The maximum absolute atomic E-state index is 12.1. The van der Waals surface area contributed by atoms with E-state index >= 15 is 0 Å². The Morgan fingerprint density at radius 3 is 2.39 bits per heavy atom. The standard InChI is InChI=1S/C12H11Cl2N3O/c1-6-11(7(2)17-16-6)15-12(18)10-8(13)4-3-5-9(10)14/h3-5H,1-2H3,(H,15,18)(H,16,17). The lowest BCUT2D eigenvalue weighted by Gasteiger charge is -2.08. The van der Waals surface area contributed by atoms with Crippen LogP contribution in [-0.2, 0) is 0 Å². The van der Waals surface area contributed by atoms with Crippen molar-refractivity contribution in [3.8, 4) is 0 Å². The molecule has 2 aromatic rings. The maximum atomic E-state index is 12.1. The Morgan fingerprint density at radius 2 is 1.89 bits per heavy atom. The van der Waals surface area contributed by atoms with Gasteiger partial charge < -0.3 is 5.32 Å². The molecule has 0 fully saturated rings. The minimum Gasteiger partial charge on any atom is -0.319 e. The van der Waals surface area contributed by atoms with Gasteiger partial charge in [0.2, 0.25) is 0 Å². The number of carbonyl (C=O) groups excluding carboxylic acids is 1. The van der Waals surface area contributed by atoms with E-state index in [1.54, 1.807) is 25.1 Å². The minimum atomic E-state index is -0.349. The Labute approximate surface area is 114 Å². The van der Waals surface area contributed by atoms with E-state index in [9.17, 15) is 4.79 Å². The second-order valence-electron chi connectivity index (χ2n) is 3.86. The molecule has 18 heavy (non-hydrogen) atoms. The van der Waals surface area contributed by atoms with Crippen LogP contribution in [0.5, 0.6) is 0 Å². The molecule has 0 aliphatic heterocycles. The Balaban J connectivity index is 2.34. The summed E-state index contributed by atoms with van der Waals surface area (Å²) in [6.45, 7) is 3.62. The van der Waals surface area contributed by atoms with E-state index in [-0.39, 0.29) is 11.5 Å². The number of aryl methyl sites for hydroxylation is 2. The van der Waals surface area contributed by atoms with Crippen LogP contribution in [-0.4, -0.2) is 16.1 Å². The van der Waals surface area contributed by atoms with Gasteiger partial charge in [0.15, 0.2) is 0 Å². The number of H-pyrrole nitrogens is 1. The Hall–Kier alpha value is -1.52. The van der Waals surface area contributed by atoms with Crippen molar-refractivity contribution in [1.82, 2.24) is 10.2 Å². The molecule has 6 heteroatoms. The largest absolute Gasteiger partial charge is 0.319 e. The number of carbonyl (C=O) groups is 1. The highest BCUT2D eigenvalue weighted by Crippen LogP contribution is 2.26. The fourth-order valence-electron chi connectivity index (χ4n) is 1.63. The fraction of sp³-hybridized carbons (Fsp3) is 0.167. The summed E-state index contributed by atoms with van der Waals surface area (Å²) in [7, 11) is 0. The molecule has 4 nitrogen and oxygen atoms in total. The predicted octanol–water partition coefficient (Wildman–Crippen LogP) is 3.59. The highest BCUT2D eigenvalue weighted by Gasteiger charge is 2.17. The first-order chi connectivity index (χ1) is 8.50. The zero-order valence-electron chi connectivity index (χ0n) is 9.84. The Bertz CT molecular complexity index is 568. The quantitative estimate of drug-likeness (QED) is 0.885. The molecule has 1 heterocycles. The molecule has 1 amide bonds. The number of benzene rings is 1.